The van der Waals surface area contributed by atoms with Crippen molar-refractivity contribution >= 4 is 12.3 Å². The summed E-state index contributed by atoms with van der Waals surface area (Å²) in [5, 5.41) is 0. The lowest BCUT2D eigenvalue weighted by atomic mass is 10.3. The van der Waals surface area contributed by atoms with Gasteiger partial charge in [0.1, 0.15) is 6.10 Å². The maximum absolute atomic E-state index is 10.4. The average molecular weight is 126 g/mol. The maximum atomic E-state index is 10.4. The summed E-state index contributed by atoms with van der Waals surface area (Å²) >= 11 is 0. The Morgan fingerprint density at radius 1 is 1.78 bits per heavy atom. The van der Waals surface area contributed by atoms with Crippen LogP contribution in [0.3, 0.4) is 0 Å². The topological polar surface area (TPSA) is 43.4 Å². The molecule has 0 spiro atoms. The van der Waals surface area contributed by atoms with E-state index in [9.17, 15) is 9.59 Å². The number of carbonyl (C=O) groups is 2. The van der Waals surface area contributed by atoms with Crippen LogP contribution < -0.4 is 0 Å². The molecule has 0 aromatic heterocycles. The van der Waals surface area contributed by atoms with Gasteiger partial charge in [0, 0.05) is 0 Å². The quantitative estimate of drug-likeness (QED) is 0.491. The summed E-state index contributed by atoms with van der Waals surface area (Å²) in [4.78, 5) is 20.1. The van der Waals surface area contributed by atoms with Gasteiger partial charge in [-0.2, -0.15) is 0 Å². The number of hydrogen-bond donors (Lipinski definition) is 0. The van der Waals surface area contributed by atoms with E-state index in [1.165, 1.54) is 6.08 Å². The number of allylic oxidation sites excluding steroid dienone is 1. The third kappa shape index (κ3) is 1.38. The first kappa shape index (κ1) is 6.01. The fourth-order valence-electron chi connectivity index (χ4n) is 0.714. The fraction of sp³-hybridized carbons (Fsp3) is 0.333. The lowest BCUT2D eigenvalue weighted by Gasteiger charge is -2.00. The Balaban J connectivity index is 2.40. The van der Waals surface area contributed by atoms with Crippen LogP contribution in [0, 0.1) is 0 Å². The smallest absolute Gasteiger partial charge is 0.293 e. The predicted octanol–water partition coefficient (Wildman–Crippen LogP) is 0.0570. The van der Waals surface area contributed by atoms with Crippen LogP contribution in [0.4, 0.5) is 0 Å². The zero-order valence-corrected chi connectivity index (χ0v) is 4.74. The van der Waals surface area contributed by atoms with Gasteiger partial charge in [0.2, 0.25) is 0 Å². The molecule has 1 atom stereocenters. The van der Waals surface area contributed by atoms with Crippen LogP contribution >= 0.6 is 0 Å². The normalized spacial score (nSPS) is 24.4. The first-order valence-electron chi connectivity index (χ1n) is 2.63. The Bertz CT molecular complexity index is 160. The van der Waals surface area contributed by atoms with Crippen LogP contribution in [0.1, 0.15) is 6.42 Å². The van der Waals surface area contributed by atoms with Gasteiger partial charge in [0.25, 0.3) is 6.47 Å². The van der Waals surface area contributed by atoms with Crippen molar-refractivity contribution in [3.8, 4) is 0 Å². The molecular formula is C6H6O3. The molecule has 0 fully saturated rings. The number of hydrogen-bond acceptors (Lipinski definition) is 3. The Morgan fingerprint density at radius 2 is 2.56 bits per heavy atom. The average Bonchev–Trinajstić information content (AvgIpc) is 2.17. The second kappa shape index (κ2) is 2.44. The number of rotatable bonds is 2. The van der Waals surface area contributed by atoms with Gasteiger partial charge >= 0.3 is 0 Å². The summed E-state index contributed by atoms with van der Waals surface area (Å²) in [7, 11) is 0. The SMILES string of the molecule is O=COC1C=CC(=O)C1. The number of carbonyl (C=O) groups excluding carboxylic acids is 2. The molecule has 9 heavy (non-hydrogen) atoms. The molecule has 0 radical (unpaired) electrons. The molecule has 0 aromatic carbocycles. The van der Waals surface area contributed by atoms with Gasteiger partial charge in [-0.25, -0.2) is 0 Å². The van der Waals surface area contributed by atoms with Crippen LogP contribution in [0.25, 0.3) is 0 Å². The van der Waals surface area contributed by atoms with Gasteiger partial charge in [-0.3, -0.25) is 9.59 Å². The summed E-state index contributed by atoms with van der Waals surface area (Å²) in [5.41, 5.74) is 0. The molecule has 1 aliphatic carbocycles. The number of ketones is 1. The van der Waals surface area contributed by atoms with E-state index in [0.29, 0.717) is 12.9 Å². The zero-order valence-electron chi connectivity index (χ0n) is 4.74. The summed E-state index contributed by atoms with van der Waals surface area (Å²) in [6, 6.07) is 0. The Morgan fingerprint density at radius 3 is 3.00 bits per heavy atom. The predicted molar refractivity (Wildman–Crippen MR) is 29.7 cm³/mol. The van der Waals surface area contributed by atoms with Gasteiger partial charge in [0.05, 0.1) is 6.42 Å². The minimum atomic E-state index is -0.310. The molecule has 0 aromatic rings. The van der Waals surface area contributed by atoms with E-state index in [1.807, 2.05) is 0 Å². The van der Waals surface area contributed by atoms with Crippen LogP contribution in [0.5, 0.6) is 0 Å². The van der Waals surface area contributed by atoms with Crippen molar-refractivity contribution in [3.05, 3.63) is 12.2 Å². The lowest BCUT2D eigenvalue weighted by molar-refractivity contribution is -0.132. The van der Waals surface area contributed by atoms with E-state index < -0.39 is 0 Å². The van der Waals surface area contributed by atoms with Crippen LogP contribution in [0.2, 0.25) is 0 Å². The third-order valence-electron chi connectivity index (χ3n) is 1.13. The van der Waals surface area contributed by atoms with Gasteiger partial charge < -0.3 is 4.74 Å². The minimum Gasteiger partial charge on any atom is -0.460 e. The van der Waals surface area contributed by atoms with Crippen molar-refractivity contribution in [2.75, 3.05) is 0 Å². The van der Waals surface area contributed by atoms with E-state index in [-0.39, 0.29) is 11.9 Å². The Hall–Kier alpha value is -1.12. The van der Waals surface area contributed by atoms with Crippen molar-refractivity contribution < 1.29 is 14.3 Å². The lowest BCUT2D eigenvalue weighted by Crippen LogP contribution is -2.06. The highest BCUT2D eigenvalue weighted by Crippen LogP contribution is 2.07. The van der Waals surface area contributed by atoms with Gasteiger partial charge in [-0.15, -0.1) is 0 Å². The van der Waals surface area contributed by atoms with E-state index in [4.69, 9.17) is 0 Å². The molecule has 3 nitrogen and oxygen atoms in total. The van der Waals surface area contributed by atoms with Crippen molar-refractivity contribution in [2.24, 2.45) is 0 Å². The molecule has 0 aliphatic heterocycles. The van der Waals surface area contributed by atoms with Crippen LogP contribution in [0.15, 0.2) is 12.2 Å². The summed E-state index contributed by atoms with van der Waals surface area (Å²) in [6.45, 7) is 0.355. The first-order valence-corrected chi connectivity index (χ1v) is 2.63. The van der Waals surface area contributed by atoms with Gasteiger partial charge in [-0.1, -0.05) is 0 Å². The van der Waals surface area contributed by atoms with Crippen molar-refractivity contribution in [3.63, 3.8) is 0 Å². The maximum Gasteiger partial charge on any atom is 0.293 e. The molecule has 48 valence electrons. The van der Waals surface area contributed by atoms with Crippen molar-refractivity contribution in [1.29, 1.82) is 0 Å². The molecule has 0 N–H and O–H groups in total. The molecular weight excluding hydrogens is 120 g/mol. The Kier molecular flexibility index (Phi) is 1.63. The minimum absolute atomic E-state index is 0.0156. The van der Waals surface area contributed by atoms with Crippen molar-refractivity contribution in [1.82, 2.24) is 0 Å². The van der Waals surface area contributed by atoms with Gasteiger partial charge in [-0.05, 0) is 12.2 Å². The molecule has 3 heteroatoms. The summed E-state index contributed by atoms with van der Waals surface area (Å²) in [5.74, 6) is 0.0156. The molecule has 1 unspecified atom stereocenters. The molecule has 1 aliphatic rings. The standard InChI is InChI=1S/C6H6O3/c7-4-9-6-2-1-5(8)3-6/h1-2,4,6H,3H2. The summed E-state index contributed by atoms with van der Waals surface area (Å²) < 4.78 is 4.49. The fourth-order valence-corrected chi connectivity index (χ4v) is 0.714. The molecule has 0 saturated carbocycles. The van der Waals surface area contributed by atoms with Gasteiger partial charge in [0.15, 0.2) is 5.78 Å². The Labute approximate surface area is 52.3 Å². The molecule has 0 amide bonds. The van der Waals surface area contributed by atoms with Crippen LogP contribution in [-0.2, 0) is 14.3 Å². The van der Waals surface area contributed by atoms with Crippen LogP contribution in [-0.4, -0.2) is 18.4 Å². The molecule has 0 heterocycles. The van der Waals surface area contributed by atoms with E-state index >= 15 is 0 Å². The van der Waals surface area contributed by atoms with E-state index in [0.717, 1.165) is 0 Å². The molecule has 0 saturated heterocycles. The first-order chi connectivity index (χ1) is 4.33. The van der Waals surface area contributed by atoms with E-state index in [1.54, 1.807) is 6.08 Å². The van der Waals surface area contributed by atoms with Crippen molar-refractivity contribution in [2.45, 2.75) is 12.5 Å². The summed E-state index contributed by atoms with van der Waals surface area (Å²) in [6.07, 6.45) is 3.00. The monoisotopic (exact) mass is 126 g/mol. The highest BCUT2D eigenvalue weighted by atomic mass is 16.5. The number of ether oxygens (including phenoxy) is 1. The highest BCUT2D eigenvalue weighted by molar-refractivity contribution is 5.92. The second-order valence-electron chi connectivity index (χ2n) is 1.80. The third-order valence-corrected chi connectivity index (χ3v) is 1.13. The molecule has 1 rings (SSSR count). The van der Waals surface area contributed by atoms with E-state index in [2.05, 4.69) is 4.74 Å². The second-order valence-corrected chi connectivity index (χ2v) is 1.80. The zero-order chi connectivity index (χ0) is 6.69. The molecule has 0 bridgehead atoms. The highest BCUT2D eigenvalue weighted by Gasteiger charge is 2.15. The largest absolute Gasteiger partial charge is 0.460 e.